The lowest BCUT2D eigenvalue weighted by molar-refractivity contribution is -0.133. The number of piperidine rings is 3. The molecule has 3 aliphatic rings. The molecule has 0 aliphatic carbocycles. The smallest absolute Gasteiger partial charge is 0.224 e. The molecule has 8 heteroatoms. The lowest BCUT2D eigenvalue weighted by Crippen LogP contribution is -2.58. The van der Waals surface area contributed by atoms with Gasteiger partial charge in [-0.05, 0) is 37.4 Å². The van der Waals surface area contributed by atoms with Gasteiger partial charge in [0.15, 0.2) is 0 Å². The largest absolute Gasteiger partial charge is 0.399 e. The van der Waals surface area contributed by atoms with Gasteiger partial charge in [0.1, 0.15) is 5.69 Å². The van der Waals surface area contributed by atoms with E-state index in [1.807, 2.05) is 35.1 Å². The highest BCUT2D eigenvalue weighted by Gasteiger charge is 2.43. The molecule has 1 aromatic carbocycles. The van der Waals surface area contributed by atoms with E-state index in [9.17, 15) is 4.79 Å². The molecule has 3 saturated heterocycles. The van der Waals surface area contributed by atoms with Crippen LogP contribution in [0.2, 0.25) is 0 Å². The minimum Gasteiger partial charge on any atom is -0.399 e. The number of nitrogens with two attached hydrogens (primary N) is 1. The summed E-state index contributed by atoms with van der Waals surface area (Å²) in [6.07, 6.45) is 4.09. The number of hydrogen-bond donors (Lipinski definition) is 2. The van der Waals surface area contributed by atoms with Crippen LogP contribution in [0.25, 0.3) is 11.3 Å². The van der Waals surface area contributed by atoms with Gasteiger partial charge in [0.05, 0.1) is 25.3 Å². The van der Waals surface area contributed by atoms with E-state index >= 15 is 0 Å². The average Bonchev–Trinajstić information content (AvgIpc) is 3.17. The van der Waals surface area contributed by atoms with Gasteiger partial charge in [0.25, 0.3) is 0 Å². The fourth-order valence-electron chi connectivity index (χ4n) is 4.47. The molecule has 0 spiro atoms. The Morgan fingerprint density at radius 1 is 1.43 bits per heavy atom. The lowest BCUT2D eigenvalue weighted by Gasteiger charge is -2.49. The van der Waals surface area contributed by atoms with E-state index in [0.717, 1.165) is 49.4 Å². The van der Waals surface area contributed by atoms with Gasteiger partial charge in [-0.2, -0.15) is 0 Å². The Labute approximate surface area is 165 Å². The van der Waals surface area contributed by atoms with Crippen LogP contribution in [0.5, 0.6) is 0 Å². The van der Waals surface area contributed by atoms with Crippen molar-refractivity contribution in [3.63, 3.8) is 0 Å². The molecule has 3 N–H and O–H groups in total. The summed E-state index contributed by atoms with van der Waals surface area (Å²) in [5.41, 5.74) is 8.40. The van der Waals surface area contributed by atoms with Crippen LogP contribution in [-0.2, 0) is 16.1 Å². The van der Waals surface area contributed by atoms with Gasteiger partial charge < -0.3 is 15.8 Å². The summed E-state index contributed by atoms with van der Waals surface area (Å²) in [7, 11) is 1.65. The lowest BCUT2D eigenvalue weighted by atomic mass is 9.75. The van der Waals surface area contributed by atoms with Crippen LogP contribution < -0.4 is 11.1 Å². The minimum atomic E-state index is 0.0838. The van der Waals surface area contributed by atoms with E-state index in [-0.39, 0.29) is 11.8 Å². The van der Waals surface area contributed by atoms with Crippen molar-refractivity contribution in [3.8, 4) is 11.3 Å². The number of nitrogens with one attached hydrogen (secondary N) is 1. The fraction of sp³-hybridized carbons (Fsp3) is 0.550. The Balaban J connectivity index is 1.37. The average molecular weight is 384 g/mol. The maximum Gasteiger partial charge on any atom is 0.224 e. The maximum absolute atomic E-state index is 12.5. The first-order valence-electron chi connectivity index (χ1n) is 9.91. The van der Waals surface area contributed by atoms with Crippen molar-refractivity contribution in [1.29, 1.82) is 0 Å². The first-order chi connectivity index (χ1) is 13.6. The second-order valence-corrected chi connectivity index (χ2v) is 7.77. The van der Waals surface area contributed by atoms with Gasteiger partial charge in [0.2, 0.25) is 5.91 Å². The van der Waals surface area contributed by atoms with Crippen LogP contribution in [-0.4, -0.2) is 65.2 Å². The van der Waals surface area contributed by atoms with Crippen LogP contribution in [0, 0.1) is 11.8 Å². The van der Waals surface area contributed by atoms with Crippen molar-refractivity contribution >= 4 is 11.6 Å². The summed E-state index contributed by atoms with van der Waals surface area (Å²) >= 11 is 0. The second kappa shape index (κ2) is 8.28. The topological polar surface area (TPSA) is 98.3 Å². The molecule has 2 aromatic rings. The molecule has 1 unspecified atom stereocenters. The van der Waals surface area contributed by atoms with Crippen molar-refractivity contribution in [3.05, 3.63) is 30.5 Å². The number of anilines is 1. The van der Waals surface area contributed by atoms with Crippen LogP contribution >= 0.6 is 0 Å². The summed E-state index contributed by atoms with van der Waals surface area (Å²) < 4.78 is 6.93. The Bertz CT molecular complexity index is 823. The molecule has 28 heavy (non-hydrogen) atoms. The number of nitrogen functional groups attached to an aromatic ring is 1. The molecular weight excluding hydrogens is 356 g/mol. The van der Waals surface area contributed by atoms with Gasteiger partial charge in [0, 0.05) is 37.5 Å². The molecule has 1 amide bonds. The third-order valence-corrected chi connectivity index (χ3v) is 5.94. The predicted octanol–water partition coefficient (Wildman–Crippen LogP) is 1.00. The zero-order valence-electron chi connectivity index (χ0n) is 16.3. The Morgan fingerprint density at radius 2 is 2.32 bits per heavy atom. The highest BCUT2D eigenvalue weighted by molar-refractivity contribution is 5.79. The number of carbonyl (C=O) groups excluding carboxylic acids is 1. The summed E-state index contributed by atoms with van der Waals surface area (Å²) in [6, 6.07) is 8.09. The number of carbonyl (C=O) groups is 1. The summed E-state index contributed by atoms with van der Waals surface area (Å²) in [5, 5.41) is 11.6. The first-order valence-corrected chi connectivity index (χ1v) is 9.91. The van der Waals surface area contributed by atoms with Crippen LogP contribution in [0.15, 0.2) is 30.5 Å². The Hall–Kier alpha value is -2.45. The van der Waals surface area contributed by atoms with E-state index in [1.54, 1.807) is 7.11 Å². The molecule has 1 aromatic heterocycles. The third-order valence-electron chi connectivity index (χ3n) is 5.94. The molecule has 4 heterocycles. The number of amides is 1. The van der Waals surface area contributed by atoms with Gasteiger partial charge in [-0.1, -0.05) is 17.3 Å². The number of hydrogen-bond acceptors (Lipinski definition) is 6. The normalized spacial score (nSPS) is 26.3. The van der Waals surface area contributed by atoms with E-state index in [0.29, 0.717) is 25.1 Å². The summed E-state index contributed by atoms with van der Waals surface area (Å²) in [5.74, 6) is 0.685. The third kappa shape index (κ3) is 4.02. The summed E-state index contributed by atoms with van der Waals surface area (Å²) in [6.45, 7) is 3.80. The van der Waals surface area contributed by atoms with E-state index in [2.05, 4.69) is 20.5 Å². The molecule has 8 nitrogen and oxygen atoms in total. The van der Waals surface area contributed by atoms with E-state index in [4.69, 9.17) is 10.5 Å². The molecular formula is C20H28N6O2. The SMILES string of the molecule is COCCNC(=O)[C@H]1CN2CC[C@@H]1C[C@@H]2Cn1cc(-c2cccc(N)c2)nn1. The zero-order valence-corrected chi connectivity index (χ0v) is 16.3. The van der Waals surface area contributed by atoms with Crippen molar-refractivity contribution in [2.75, 3.05) is 39.1 Å². The molecule has 0 saturated carbocycles. The van der Waals surface area contributed by atoms with Crippen molar-refractivity contribution in [2.24, 2.45) is 11.8 Å². The quantitative estimate of drug-likeness (QED) is 0.546. The van der Waals surface area contributed by atoms with E-state index in [1.165, 1.54) is 0 Å². The van der Waals surface area contributed by atoms with Crippen molar-refractivity contribution in [2.45, 2.75) is 25.4 Å². The second-order valence-electron chi connectivity index (χ2n) is 7.77. The monoisotopic (exact) mass is 384 g/mol. The van der Waals surface area contributed by atoms with Crippen LogP contribution in [0.1, 0.15) is 12.8 Å². The Morgan fingerprint density at radius 3 is 3.07 bits per heavy atom. The number of aromatic nitrogens is 3. The van der Waals surface area contributed by atoms with Gasteiger partial charge in [-0.15, -0.1) is 5.10 Å². The molecule has 5 rings (SSSR count). The fourth-order valence-corrected chi connectivity index (χ4v) is 4.47. The van der Waals surface area contributed by atoms with Crippen LogP contribution in [0.4, 0.5) is 5.69 Å². The highest BCUT2D eigenvalue weighted by atomic mass is 16.5. The van der Waals surface area contributed by atoms with Gasteiger partial charge >= 0.3 is 0 Å². The van der Waals surface area contributed by atoms with Crippen molar-refractivity contribution < 1.29 is 9.53 Å². The number of methoxy groups -OCH3 is 1. The molecule has 3 fully saturated rings. The molecule has 3 aliphatic heterocycles. The number of rotatable bonds is 7. The van der Waals surface area contributed by atoms with Gasteiger partial charge in [-0.25, -0.2) is 0 Å². The van der Waals surface area contributed by atoms with E-state index < -0.39 is 0 Å². The Kier molecular flexibility index (Phi) is 5.59. The molecule has 0 radical (unpaired) electrons. The standard InChI is InChI=1S/C20H28N6O2/c1-28-8-6-22-20(27)18-12-25-7-5-14(18)10-17(25)11-26-13-19(23-24-26)15-3-2-4-16(21)9-15/h2-4,9,13-14,17-18H,5-8,10-12,21H2,1H3,(H,22,27)/t14-,17-,18+/m1/s1. The predicted molar refractivity (Wildman–Crippen MR) is 106 cm³/mol. The summed E-state index contributed by atoms with van der Waals surface area (Å²) in [4.78, 5) is 14.9. The van der Waals surface area contributed by atoms with Crippen LogP contribution in [0.3, 0.4) is 0 Å². The maximum atomic E-state index is 12.5. The molecule has 150 valence electrons. The minimum absolute atomic E-state index is 0.0838. The highest BCUT2D eigenvalue weighted by Crippen LogP contribution is 2.37. The number of nitrogens with zero attached hydrogens (tertiary/aromatic N) is 4. The zero-order chi connectivity index (χ0) is 19.5. The number of benzene rings is 1. The first kappa shape index (κ1) is 18.9. The molecule has 2 bridgehead atoms. The number of fused-ring (bicyclic) bond motifs is 3. The molecule has 4 atom stereocenters. The number of ether oxygens (including phenoxy) is 1. The van der Waals surface area contributed by atoms with Crippen molar-refractivity contribution in [1.82, 2.24) is 25.2 Å². The van der Waals surface area contributed by atoms with Gasteiger partial charge in [-0.3, -0.25) is 14.4 Å².